The first kappa shape index (κ1) is 10.8. The monoisotopic (exact) mass is 244 g/mol. The summed E-state index contributed by atoms with van der Waals surface area (Å²) in [6.45, 7) is 0. The van der Waals surface area contributed by atoms with Crippen LogP contribution in [0, 0.1) is 11.3 Å². The topological polar surface area (TPSA) is 39.6 Å². The summed E-state index contributed by atoms with van der Waals surface area (Å²) in [5.41, 5.74) is -1.35. The minimum Gasteiger partial charge on any atom is -0.349 e. The molecule has 0 amide bonds. The molecular weight excluding hydrogens is 241 g/mol. The second-order valence-corrected chi connectivity index (χ2v) is 3.55. The average Bonchev–Trinajstić information content (AvgIpc) is 2.57. The lowest BCUT2D eigenvalue weighted by Crippen LogP contribution is -2.07. The van der Waals surface area contributed by atoms with Gasteiger partial charge < -0.3 is 4.98 Å². The maximum absolute atomic E-state index is 12.6. The number of nitrogens with one attached hydrogen (secondary N) is 1. The van der Waals surface area contributed by atoms with Crippen LogP contribution in [0.4, 0.5) is 13.2 Å². The minimum atomic E-state index is -4.59. The van der Waals surface area contributed by atoms with Crippen LogP contribution in [0.5, 0.6) is 0 Å². The fourth-order valence-corrected chi connectivity index (χ4v) is 1.73. The molecular formula is C10H4ClF3N2. The van der Waals surface area contributed by atoms with Gasteiger partial charge in [-0.25, -0.2) is 0 Å². The molecule has 0 atom stereocenters. The third-order valence-electron chi connectivity index (χ3n) is 2.18. The van der Waals surface area contributed by atoms with E-state index in [1.165, 1.54) is 18.2 Å². The number of nitrogens with zero attached hydrogens (tertiary/aromatic N) is 1. The summed E-state index contributed by atoms with van der Waals surface area (Å²) in [5, 5.41) is 9.09. The van der Waals surface area contributed by atoms with Gasteiger partial charge in [0.05, 0.1) is 16.1 Å². The van der Waals surface area contributed by atoms with Crippen molar-refractivity contribution >= 4 is 22.5 Å². The van der Waals surface area contributed by atoms with E-state index in [0.29, 0.717) is 0 Å². The Morgan fingerprint density at radius 3 is 2.56 bits per heavy atom. The number of rotatable bonds is 0. The Hall–Kier alpha value is -1.67. The van der Waals surface area contributed by atoms with Gasteiger partial charge in [0.15, 0.2) is 0 Å². The molecule has 2 aromatic rings. The number of halogens is 4. The minimum absolute atomic E-state index is 0.132. The van der Waals surface area contributed by atoms with Crippen LogP contribution in [-0.4, -0.2) is 4.98 Å². The largest absolute Gasteiger partial charge is 0.432 e. The normalized spacial score (nSPS) is 11.7. The van der Waals surface area contributed by atoms with Crippen molar-refractivity contribution in [2.24, 2.45) is 0 Å². The van der Waals surface area contributed by atoms with Crippen LogP contribution in [0.2, 0.25) is 5.02 Å². The maximum Gasteiger partial charge on any atom is 0.432 e. The quantitative estimate of drug-likeness (QED) is 0.754. The van der Waals surface area contributed by atoms with Crippen molar-refractivity contribution in [3.8, 4) is 6.07 Å². The number of H-pyrrole nitrogens is 1. The molecule has 1 aromatic heterocycles. The maximum atomic E-state index is 12.6. The van der Waals surface area contributed by atoms with Crippen LogP contribution in [0.3, 0.4) is 0 Å². The SMILES string of the molecule is N#Cc1c(C(F)(F)F)[nH]c2c(Cl)cccc12. The Morgan fingerprint density at radius 2 is 2.00 bits per heavy atom. The summed E-state index contributed by atoms with van der Waals surface area (Å²) in [4.78, 5) is 2.14. The molecule has 1 aromatic carbocycles. The molecule has 1 N–H and O–H groups in total. The lowest BCUT2D eigenvalue weighted by molar-refractivity contribution is -0.140. The Labute approximate surface area is 93.2 Å². The summed E-state index contributed by atoms with van der Waals surface area (Å²) in [5.74, 6) is 0. The van der Waals surface area contributed by atoms with Gasteiger partial charge in [0.2, 0.25) is 0 Å². The standard InChI is InChI=1S/C10H4ClF3N2/c11-7-3-1-2-5-6(4-15)9(10(12,13)14)16-8(5)7/h1-3,16H. The molecule has 0 unspecified atom stereocenters. The zero-order chi connectivity index (χ0) is 11.9. The van der Waals surface area contributed by atoms with Crippen LogP contribution < -0.4 is 0 Å². The lowest BCUT2D eigenvalue weighted by Gasteiger charge is -2.02. The number of alkyl halides is 3. The first-order valence-corrected chi connectivity index (χ1v) is 4.60. The summed E-state index contributed by atoms with van der Waals surface area (Å²) < 4.78 is 37.7. The van der Waals surface area contributed by atoms with Crippen LogP contribution in [0.15, 0.2) is 18.2 Å². The van der Waals surface area contributed by atoms with Crippen molar-refractivity contribution in [1.82, 2.24) is 4.98 Å². The molecule has 0 saturated heterocycles. The number of hydrogen-bond donors (Lipinski definition) is 1. The van der Waals surface area contributed by atoms with Crippen LogP contribution >= 0.6 is 11.6 Å². The average molecular weight is 245 g/mol. The van der Waals surface area contributed by atoms with Gasteiger partial charge >= 0.3 is 6.18 Å². The Bertz CT molecular complexity index is 592. The van der Waals surface area contributed by atoms with Crippen LogP contribution in [-0.2, 0) is 6.18 Å². The van der Waals surface area contributed by atoms with Gasteiger partial charge in [-0.15, -0.1) is 0 Å². The van der Waals surface area contributed by atoms with E-state index in [2.05, 4.69) is 4.98 Å². The lowest BCUT2D eigenvalue weighted by atomic mass is 10.1. The van der Waals surface area contributed by atoms with E-state index in [9.17, 15) is 13.2 Å². The molecule has 82 valence electrons. The second kappa shape index (κ2) is 3.42. The predicted octanol–water partition coefficient (Wildman–Crippen LogP) is 3.71. The van der Waals surface area contributed by atoms with E-state index < -0.39 is 17.4 Å². The van der Waals surface area contributed by atoms with Gasteiger partial charge in [-0.1, -0.05) is 23.7 Å². The highest BCUT2D eigenvalue weighted by atomic mass is 35.5. The highest BCUT2D eigenvalue weighted by Gasteiger charge is 2.36. The summed E-state index contributed by atoms with van der Waals surface area (Å²) in [6, 6.07) is 5.92. The Morgan fingerprint density at radius 1 is 1.31 bits per heavy atom. The fraction of sp³-hybridized carbons (Fsp3) is 0.100. The molecule has 0 bridgehead atoms. The molecule has 1 heterocycles. The van der Waals surface area contributed by atoms with Crippen molar-refractivity contribution in [1.29, 1.82) is 5.26 Å². The van der Waals surface area contributed by atoms with Crippen LogP contribution in [0.1, 0.15) is 11.3 Å². The van der Waals surface area contributed by atoms with Gasteiger partial charge in [0.25, 0.3) is 0 Å². The van der Waals surface area contributed by atoms with E-state index in [4.69, 9.17) is 16.9 Å². The molecule has 0 spiro atoms. The molecule has 0 saturated carbocycles. The van der Waals surface area contributed by atoms with E-state index in [0.717, 1.165) is 0 Å². The van der Waals surface area contributed by atoms with Gasteiger partial charge in [0, 0.05) is 5.39 Å². The molecule has 6 heteroatoms. The van der Waals surface area contributed by atoms with E-state index >= 15 is 0 Å². The first-order valence-electron chi connectivity index (χ1n) is 4.22. The van der Waals surface area contributed by atoms with E-state index in [1.807, 2.05) is 0 Å². The molecule has 0 radical (unpaired) electrons. The molecule has 2 rings (SSSR count). The molecule has 0 aliphatic heterocycles. The van der Waals surface area contributed by atoms with Crippen LogP contribution in [0.25, 0.3) is 10.9 Å². The summed E-state index contributed by atoms with van der Waals surface area (Å²) in [7, 11) is 0. The molecule has 0 aliphatic carbocycles. The zero-order valence-corrected chi connectivity index (χ0v) is 8.45. The predicted molar refractivity (Wildman–Crippen MR) is 53.0 cm³/mol. The number of nitriles is 1. The third kappa shape index (κ3) is 1.51. The number of para-hydroxylation sites is 1. The van der Waals surface area contributed by atoms with Gasteiger partial charge in [-0.3, -0.25) is 0 Å². The van der Waals surface area contributed by atoms with Crippen molar-refractivity contribution < 1.29 is 13.2 Å². The van der Waals surface area contributed by atoms with Gasteiger partial charge in [-0.05, 0) is 6.07 Å². The van der Waals surface area contributed by atoms with Crippen molar-refractivity contribution in [2.75, 3.05) is 0 Å². The van der Waals surface area contributed by atoms with Crippen molar-refractivity contribution in [3.63, 3.8) is 0 Å². The van der Waals surface area contributed by atoms with E-state index in [-0.39, 0.29) is 15.9 Å². The third-order valence-corrected chi connectivity index (χ3v) is 2.49. The number of benzene rings is 1. The highest BCUT2D eigenvalue weighted by Crippen LogP contribution is 2.36. The number of hydrogen-bond acceptors (Lipinski definition) is 1. The molecule has 2 nitrogen and oxygen atoms in total. The van der Waals surface area contributed by atoms with Gasteiger partial charge in [0.1, 0.15) is 11.8 Å². The Kier molecular flexibility index (Phi) is 2.32. The molecule has 16 heavy (non-hydrogen) atoms. The number of aromatic nitrogens is 1. The fourth-order valence-electron chi connectivity index (χ4n) is 1.51. The number of aromatic amines is 1. The summed E-state index contributed by atoms with van der Waals surface area (Å²) >= 11 is 5.74. The van der Waals surface area contributed by atoms with Crippen molar-refractivity contribution in [3.05, 3.63) is 34.5 Å². The first-order chi connectivity index (χ1) is 7.45. The van der Waals surface area contributed by atoms with Gasteiger partial charge in [-0.2, -0.15) is 18.4 Å². The molecule has 0 fully saturated rings. The smallest absolute Gasteiger partial charge is 0.349 e. The molecule has 0 aliphatic rings. The van der Waals surface area contributed by atoms with E-state index in [1.54, 1.807) is 6.07 Å². The Balaban J connectivity index is 2.88. The second-order valence-electron chi connectivity index (χ2n) is 3.15. The zero-order valence-electron chi connectivity index (χ0n) is 7.69. The highest BCUT2D eigenvalue weighted by molar-refractivity contribution is 6.35. The number of fused-ring (bicyclic) bond motifs is 1. The van der Waals surface area contributed by atoms with Crippen molar-refractivity contribution in [2.45, 2.75) is 6.18 Å². The summed E-state index contributed by atoms with van der Waals surface area (Å²) in [6.07, 6.45) is -4.59.